The highest BCUT2D eigenvalue weighted by atomic mass is 16.5. The molecule has 0 radical (unpaired) electrons. The fourth-order valence-electron chi connectivity index (χ4n) is 3.69. The van der Waals surface area contributed by atoms with E-state index in [-0.39, 0.29) is 16.9 Å². The third-order valence-electron chi connectivity index (χ3n) is 6.62. The minimum Gasteiger partial charge on any atom is -0.469 e. The molecule has 1 fully saturated rings. The number of nitrogens with zero attached hydrogens (tertiary/aromatic N) is 1. The predicted molar refractivity (Wildman–Crippen MR) is 99.6 cm³/mol. The molecule has 3 nitrogen and oxygen atoms in total. The Morgan fingerprint density at radius 1 is 0.957 bits per heavy atom. The molecule has 0 aromatic carbocycles. The highest BCUT2D eigenvalue weighted by Crippen LogP contribution is 2.50. The number of esters is 1. The first-order chi connectivity index (χ1) is 10.5. The van der Waals surface area contributed by atoms with E-state index in [1.807, 2.05) is 27.7 Å². The van der Waals surface area contributed by atoms with Gasteiger partial charge in [0.25, 0.3) is 0 Å². The number of methoxy groups -OCH3 is 1. The Morgan fingerprint density at radius 2 is 1.39 bits per heavy atom. The lowest BCUT2D eigenvalue weighted by Gasteiger charge is -2.54. The molecule has 0 saturated carbocycles. The van der Waals surface area contributed by atoms with Gasteiger partial charge in [-0.1, -0.05) is 41.0 Å². The molecule has 0 bridgehead atoms. The van der Waals surface area contributed by atoms with E-state index in [2.05, 4.69) is 39.5 Å². The van der Waals surface area contributed by atoms with Gasteiger partial charge in [-0.15, -0.1) is 0 Å². The monoisotopic (exact) mass is 327 g/mol. The summed E-state index contributed by atoms with van der Waals surface area (Å²) in [6.07, 6.45) is 3.92. The first-order valence-corrected chi connectivity index (χ1v) is 9.33. The van der Waals surface area contributed by atoms with Gasteiger partial charge in [-0.2, -0.15) is 0 Å². The SMILES string of the molecule is CC.COC(=O)C(C)(C)C(C)(C)C(C)C(C)(C)N1CCCCC1. The van der Waals surface area contributed by atoms with Crippen molar-refractivity contribution in [2.24, 2.45) is 16.7 Å². The van der Waals surface area contributed by atoms with Crippen LogP contribution in [0.3, 0.4) is 0 Å². The van der Waals surface area contributed by atoms with Crippen LogP contribution in [0, 0.1) is 16.7 Å². The number of carbonyl (C=O) groups is 1. The van der Waals surface area contributed by atoms with Gasteiger partial charge in [-0.3, -0.25) is 9.69 Å². The summed E-state index contributed by atoms with van der Waals surface area (Å²) >= 11 is 0. The van der Waals surface area contributed by atoms with Gasteiger partial charge < -0.3 is 4.74 Å². The summed E-state index contributed by atoms with van der Waals surface area (Å²) in [5.74, 6) is 0.256. The maximum Gasteiger partial charge on any atom is 0.311 e. The zero-order valence-corrected chi connectivity index (χ0v) is 17.4. The van der Waals surface area contributed by atoms with Crippen LogP contribution in [0.5, 0.6) is 0 Å². The van der Waals surface area contributed by atoms with Gasteiger partial charge in [-0.05, 0) is 65.0 Å². The van der Waals surface area contributed by atoms with Crippen LogP contribution in [0.2, 0.25) is 0 Å². The zero-order chi connectivity index (χ0) is 18.5. The first kappa shape index (κ1) is 22.4. The van der Waals surface area contributed by atoms with Crippen LogP contribution < -0.4 is 0 Å². The molecule has 1 heterocycles. The van der Waals surface area contributed by atoms with Crippen LogP contribution in [0.25, 0.3) is 0 Å². The Balaban J connectivity index is 0.00000232. The lowest BCUT2D eigenvalue weighted by atomic mass is 9.57. The second-order valence-corrected chi connectivity index (χ2v) is 8.26. The molecule has 1 unspecified atom stereocenters. The molecule has 1 saturated heterocycles. The smallest absolute Gasteiger partial charge is 0.311 e. The van der Waals surface area contributed by atoms with Crippen molar-refractivity contribution in [3.63, 3.8) is 0 Å². The van der Waals surface area contributed by atoms with Crippen molar-refractivity contribution in [1.82, 2.24) is 4.90 Å². The number of ether oxygens (including phenoxy) is 1. The van der Waals surface area contributed by atoms with Crippen molar-refractivity contribution in [3.8, 4) is 0 Å². The van der Waals surface area contributed by atoms with Gasteiger partial charge in [0.05, 0.1) is 12.5 Å². The molecule has 0 N–H and O–H groups in total. The normalized spacial score (nSPS) is 18.7. The number of hydrogen-bond acceptors (Lipinski definition) is 3. The molecule has 1 aliphatic heterocycles. The predicted octanol–water partition coefficient (Wildman–Crippen LogP) is 5.14. The van der Waals surface area contributed by atoms with E-state index < -0.39 is 5.41 Å². The molecule has 0 amide bonds. The van der Waals surface area contributed by atoms with E-state index in [0.29, 0.717) is 5.92 Å². The second-order valence-electron chi connectivity index (χ2n) is 8.26. The summed E-state index contributed by atoms with van der Waals surface area (Å²) in [7, 11) is 1.49. The molecule has 1 atom stereocenters. The maximum atomic E-state index is 12.3. The molecule has 138 valence electrons. The number of hydrogen-bond donors (Lipinski definition) is 0. The van der Waals surface area contributed by atoms with Gasteiger partial charge in [0.1, 0.15) is 0 Å². The van der Waals surface area contributed by atoms with Gasteiger partial charge in [0.15, 0.2) is 0 Å². The number of likely N-dealkylation sites (tertiary alicyclic amines) is 1. The summed E-state index contributed by atoms with van der Waals surface area (Å²) in [6, 6.07) is 0. The van der Waals surface area contributed by atoms with Crippen molar-refractivity contribution < 1.29 is 9.53 Å². The van der Waals surface area contributed by atoms with Crippen molar-refractivity contribution in [2.75, 3.05) is 20.2 Å². The molecule has 1 aliphatic rings. The van der Waals surface area contributed by atoms with Crippen LogP contribution in [0.1, 0.15) is 81.6 Å². The Kier molecular flexibility index (Phi) is 8.29. The fourth-order valence-corrected chi connectivity index (χ4v) is 3.69. The minimum absolute atomic E-state index is 0.0786. The van der Waals surface area contributed by atoms with E-state index in [1.165, 1.54) is 39.5 Å². The Labute approximate surface area is 145 Å². The van der Waals surface area contributed by atoms with Crippen LogP contribution in [0.15, 0.2) is 0 Å². The second kappa shape index (κ2) is 8.50. The van der Waals surface area contributed by atoms with Gasteiger partial charge in [-0.25, -0.2) is 0 Å². The Morgan fingerprint density at radius 3 is 1.78 bits per heavy atom. The average molecular weight is 328 g/mol. The summed E-state index contributed by atoms with van der Waals surface area (Å²) < 4.78 is 5.06. The largest absolute Gasteiger partial charge is 0.469 e. The third kappa shape index (κ3) is 4.49. The highest BCUT2D eigenvalue weighted by Gasteiger charge is 2.52. The maximum absolute atomic E-state index is 12.3. The molecule has 0 spiro atoms. The van der Waals surface area contributed by atoms with Crippen molar-refractivity contribution in [3.05, 3.63) is 0 Å². The standard InChI is InChI=1S/C18H35NO2.C2H6/c1-14(16(2,3)17(4,5)15(20)21-8)18(6,7)19-12-10-9-11-13-19;1-2/h14H,9-13H2,1-8H3;1-2H3. The summed E-state index contributed by atoms with van der Waals surface area (Å²) in [6.45, 7) is 21.7. The lowest BCUT2D eigenvalue weighted by molar-refractivity contribution is -0.163. The molecular formula is C20H41NO2. The number of piperidine rings is 1. The van der Waals surface area contributed by atoms with Gasteiger partial charge in [0.2, 0.25) is 0 Å². The van der Waals surface area contributed by atoms with Crippen LogP contribution in [0.4, 0.5) is 0 Å². The van der Waals surface area contributed by atoms with E-state index >= 15 is 0 Å². The zero-order valence-electron chi connectivity index (χ0n) is 17.4. The summed E-state index contributed by atoms with van der Waals surface area (Å²) in [4.78, 5) is 14.9. The van der Waals surface area contributed by atoms with Crippen molar-refractivity contribution in [1.29, 1.82) is 0 Å². The lowest BCUT2D eigenvalue weighted by Crippen LogP contribution is -2.58. The van der Waals surface area contributed by atoms with Gasteiger partial charge >= 0.3 is 5.97 Å². The molecular weight excluding hydrogens is 286 g/mol. The summed E-state index contributed by atoms with van der Waals surface area (Å²) in [5.41, 5.74) is -0.579. The van der Waals surface area contributed by atoms with E-state index in [0.717, 1.165) is 0 Å². The van der Waals surface area contributed by atoms with Crippen LogP contribution >= 0.6 is 0 Å². The number of carbonyl (C=O) groups excluding carboxylic acids is 1. The van der Waals surface area contributed by atoms with Crippen molar-refractivity contribution in [2.45, 2.75) is 87.1 Å². The minimum atomic E-state index is -0.506. The Bertz CT molecular complexity index is 366. The highest BCUT2D eigenvalue weighted by molar-refractivity contribution is 5.76. The Hall–Kier alpha value is -0.570. The van der Waals surface area contributed by atoms with E-state index in [9.17, 15) is 4.79 Å². The number of rotatable bonds is 5. The average Bonchev–Trinajstić information content (AvgIpc) is 2.55. The van der Waals surface area contributed by atoms with Crippen LogP contribution in [-0.4, -0.2) is 36.6 Å². The molecule has 0 aromatic rings. The van der Waals surface area contributed by atoms with E-state index in [1.54, 1.807) is 0 Å². The van der Waals surface area contributed by atoms with Crippen molar-refractivity contribution >= 4 is 5.97 Å². The molecule has 0 aromatic heterocycles. The van der Waals surface area contributed by atoms with Crippen LogP contribution in [-0.2, 0) is 9.53 Å². The molecule has 0 aliphatic carbocycles. The quantitative estimate of drug-likeness (QED) is 0.655. The molecule has 1 rings (SSSR count). The van der Waals surface area contributed by atoms with E-state index in [4.69, 9.17) is 4.74 Å². The van der Waals surface area contributed by atoms with Gasteiger partial charge in [0, 0.05) is 5.54 Å². The molecule has 3 heteroatoms. The summed E-state index contributed by atoms with van der Waals surface area (Å²) in [5, 5.41) is 0. The fraction of sp³-hybridized carbons (Fsp3) is 0.950. The third-order valence-corrected chi connectivity index (χ3v) is 6.62. The topological polar surface area (TPSA) is 29.5 Å². The first-order valence-electron chi connectivity index (χ1n) is 9.33. The molecule has 23 heavy (non-hydrogen) atoms.